The topological polar surface area (TPSA) is 98.1 Å². The Balaban J connectivity index is 1.70. The summed E-state index contributed by atoms with van der Waals surface area (Å²) in [6, 6.07) is 7.53. The van der Waals surface area contributed by atoms with Crippen molar-refractivity contribution in [2.45, 2.75) is 44.3 Å². The van der Waals surface area contributed by atoms with Gasteiger partial charge in [-0.1, -0.05) is 43.3 Å². The van der Waals surface area contributed by atoms with Crippen LogP contribution in [0.25, 0.3) is 5.69 Å². The Hall–Kier alpha value is -1.94. The van der Waals surface area contributed by atoms with Crippen molar-refractivity contribution in [3.05, 3.63) is 29.8 Å². The maximum absolute atomic E-state index is 12.9. The monoisotopic (exact) mass is 423 g/mol. The molecule has 0 bridgehead atoms. The predicted molar refractivity (Wildman–Crippen MR) is 108 cm³/mol. The summed E-state index contributed by atoms with van der Waals surface area (Å²) in [4.78, 5) is 14.6. The van der Waals surface area contributed by atoms with Gasteiger partial charge in [-0.2, -0.15) is 4.68 Å². The van der Waals surface area contributed by atoms with Gasteiger partial charge in [0.25, 0.3) is 0 Å². The molecule has 1 amide bonds. The van der Waals surface area contributed by atoms with E-state index in [-0.39, 0.29) is 29.2 Å². The van der Waals surface area contributed by atoms with Gasteiger partial charge in [-0.25, -0.2) is 8.42 Å². The van der Waals surface area contributed by atoms with E-state index in [1.54, 1.807) is 9.58 Å². The molecule has 0 aliphatic carbocycles. The number of hydrogen-bond donors (Lipinski definition) is 0. The van der Waals surface area contributed by atoms with Crippen molar-refractivity contribution in [1.82, 2.24) is 25.1 Å². The number of carbonyl (C=O) groups excluding carboxylic acids is 1. The second-order valence-corrected chi connectivity index (χ2v) is 10.1. The number of thioether (sulfide) groups is 1. The number of rotatable bonds is 8. The van der Waals surface area contributed by atoms with Crippen molar-refractivity contribution in [2.24, 2.45) is 0 Å². The molecule has 8 nitrogen and oxygen atoms in total. The molecule has 28 heavy (non-hydrogen) atoms. The van der Waals surface area contributed by atoms with Gasteiger partial charge < -0.3 is 4.90 Å². The van der Waals surface area contributed by atoms with E-state index in [0.717, 1.165) is 24.1 Å². The van der Waals surface area contributed by atoms with Gasteiger partial charge in [0, 0.05) is 12.6 Å². The molecule has 1 aromatic carbocycles. The average molecular weight is 424 g/mol. The van der Waals surface area contributed by atoms with E-state index in [4.69, 9.17) is 0 Å². The minimum absolute atomic E-state index is 0.0636. The predicted octanol–water partition coefficient (Wildman–Crippen LogP) is 1.88. The molecule has 0 N–H and O–H groups in total. The van der Waals surface area contributed by atoms with Crippen LogP contribution in [0.15, 0.2) is 29.4 Å². The highest BCUT2D eigenvalue weighted by Gasteiger charge is 2.34. The van der Waals surface area contributed by atoms with E-state index in [2.05, 4.69) is 22.4 Å². The number of amides is 1. The quantitative estimate of drug-likeness (QED) is 0.598. The number of unbranched alkanes of at least 4 members (excludes halogenated alkanes) is 1. The van der Waals surface area contributed by atoms with Gasteiger partial charge in [0.05, 0.1) is 22.9 Å². The summed E-state index contributed by atoms with van der Waals surface area (Å²) >= 11 is 1.27. The Morgan fingerprint density at radius 3 is 2.82 bits per heavy atom. The molecule has 0 spiro atoms. The van der Waals surface area contributed by atoms with E-state index in [1.165, 1.54) is 11.8 Å². The third kappa shape index (κ3) is 4.91. The second-order valence-electron chi connectivity index (χ2n) is 6.95. The van der Waals surface area contributed by atoms with E-state index in [1.807, 2.05) is 31.2 Å². The normalized spacial score (nSPS) is 18.3. The Kier molecular flexibility index (Phi) is 6.71. The molecule has 1 aliphatic heterocycles. The van der Waals surface area contributed by atoms with Crippen LogP contribution in [0.4, 0.5) is 0 Å². The van der Waals surface area contributed by atoms with Crippen molar-refractivity contribution in [1.29, 1.82) is 0 Å². The minimum atomic E-state index is -3.04. The average Bonchev–Trinajstić information content (AvgIpc) is 3.27. The number of para-hydroxylation sites is 1. The molecule has 1 saturated heterocycles. The number of benzene rings is 1. The highest BCUT2D eigenvalue weighted by Crippen LogP contribution is 2.23. The fourth-order valence-corrected chi connectivity index (χ4v) is 5.79. The molecule has 1 atom stereocenters. The fourth-order valence-electron chi connectivity index (χ4n) is 3.29. The van der Waals surface area contributed by atoms with Gasteiger partial charge in [0.15, 0.2) is 9.84 Å². The molecule has 1 unspecified atom stereocenters. The second kappa shape index (κ2) is 9.04. The summed E-state index contributed by atoms with van der Waals surface area (Å²) in [6.07, 6.45) is 2.32. The van der Waals surface area contributed by atoms with Crippen molar-refractivity contribution >= 4 is 27.5 Å². The lowest BCUT2D eigenvalue weighted by Crippen LogP contribution is -2.42. The van der Waals surface area contributed by atoms with Gasteiger partial charge >= 0.3 is 0 Å². The Morgan fingerprint density at radius 1 is 1.36 bits per heavy atom. The van der Waals surface area contributed by atoms with Crippen LogP contribution in [-0.4, -0.2) is 69.3 Å². The first kappa shape index (κ1) is 20.8. The molecule has 2 aromatic rings. The maximum Gasteiger partial charge on any atom is 0.233 e. The first-order chi connectivity index (χ1) is 13.4. The molecule has 0 radical (unpaired) electrons. The first-order valence-corrected chi connectivity index (χ1v) is 12.2. The van der Waals surface area contributed by atoms with E-state index < -0.39 is 9.84 Å². The molecule has 3 rings (SSSR count). The lowest BCUT2D eigenvalue weighted by molar-refractivity contribution is -0.130. The summed E-state index contributed by atoms with van der Waals surface area (Å²) in [6.45, 7) is 4.61. The van der Waals surface area contributed by atoms with Crippen LogP contribution in [-0.2, 0) is 14.6 Å². The van der Waals surface area contributed by atoms with E-state index in [9.17, 15) is 13.2 Å². The third-order valence-corrected chi connectivity index (χ3v) is 7.49. The summed E-state index contributed by atoms with van der Waals surface area (Å²) in [7, 11) is -3.04. The summed E-state index contributed by atoms with van der Waals surface area (Å²) < 4.78 is 25.3. The van der Waals surface area contributed by atoms with Crippen LogP contribution in [0.3, 0.4) is 0 Å². The maximum atomic E-state index is 12.9. The van der Waals surface area contributed by atoms with Crippen LogP contribution in [0, 0.1) is 6.92 Å². The van der Waals surface area contributed by atoms with Crippen molar-refractivity contribution in [2.75, 3.05) is 23.8 Å². The number of aryl methyl sites for hydroxylation is 1. The van der Waals surface area contributed by atoms with Gasteiger partial charge in [0.2, 0.25) is 11.1 Å². The number of nitrogens with zero attached hydrogens (tertiary/aromatic N) is 5. The van der Waals surface area contributed by atoms with Gasteiger partial charge in [-0.05, 0) is 41.8 Å². The fraction of sp³-hybridized carbons (Fsp3) is 0.556. The van der Waals surface area contributed by atoms with Crippen LogP contribution in [0.5, 0.6) is 0 Å². The van der Waals surface area contributed by atoms with Gasteiger partial charge in [-0.15, -0.1) is 5.10 Å². The largest absolute Gasteiger partial charge is 0.338 e. The van der Waals surface area contributed by atoms with Crippen LogP contribution >= 0.6 is 11.8 Å². The van der Waals surface area contributed by atoms with Crippen molar-refractivity contribution in [3.63, 3.8) is 0 Å². The van der Waals surface area contributed by atoms with Crippen LogP contribution < -0.4 is 0 Å². The van der Waals surface area contributed by atoms with E-state index >= 15 is 0 Å². The standard InChI is InChI=1S/C18H25N5O3S2/c1-3-4-10-22(15-9-11-28(25,26)13-15)17(24)12-27-18-19-20-21-23(18)16-8-6-5-7-14(16)2/h5-8,15H,3-4,9-13H2,1-2H3. The van der Waals surface area contributed by atoms with E-state index in [0.29, 0.717) is 18.1 Å². The molecule has 2 heterocycles. The lowest BCUT2D eigenvalue weighted by atomic mass is 10.2. The summed E-state index contributed by atoms with van der Waals surface area (Å²) in [5, 5.41) is 12.4. The molecule has 10 heteroatoms. The Morgan fingerprint density at radius 2 is 2.14 bits per heavy atom. The Bertz CT molecular complexity index is 929. The number of hydrogen-bond acceptors (Lipinski definition) is 7. The smallest absolute Gasteiger partial charge is 0.233 e. The first-order valence-electron chi connectivity index (χ1n) is 9.38. The van der Waals surface area contributed by atoms with Crippen molar-refractivity contribution < 1.29 is 13.2 Å². The Labute approximate surface area is 169 Å². The SMILES string of the molecule is CCCCN(C(=O)CSc1nnnn1-c1ccccc1C)C1CCS(=O)(=O)C1. The molecule has 1 fully saturated rings. The molecule has 1 aliphatic rings. The summed E-state index contributed by atoms with van der Waals surface area (Å²) in [5.74, 6) is 0.326. The number of carbonyl (C=O) groups is 1. The van der Waals surface area contributed by atoms with Crippen LogP contribution in [0.1, 0.15) is 31.7 Å². The zero-order valence-electron chi connectivity index (χ0n) is 16.1. The third-order valence-electron chi connectivity index (χ3n) is 4.83. The molecular weight excluding hydrogens is 398 g/mol. The van der Waals surface area contributed by atoms with Gasteiger partial charge in [0.1, 0.15) is 0 Å². The molecular formula is C18H25N5O3S2. The number of sulfone groups is 1. The van der Waals surface area contributed by atoms with Crippen molar-refractivity contribution in [3.8, 4) is 5.69 Å². The highest BCUT2D eigenvalue weighted by atomic mass is 32.2. The highest BCUT2D eigenvalue weighted by molar-refractivity contribution is 7.99. The number of aromatic nitrogens is 4. The van der Waals surface area contributed by atoms with Gasteiger partial charge in [-0.3, -0.25) is 4.79 Å². The minimum Gasteiger partial charge on any atom is -0.338 e. The molecule has 0 saturated carbocycles. The zero-order chi connectivity index (χ0) is 20.1. The number of tetrazole rings is 1. The molecule has 1 aromatic heterocycles. The summed E-state index contributed by atoms with van der Waals surface area (Å²) in [5.41, 5.74) is 1.90. The molecule has 152 valence electrons. The van der Waals surface area contributed by atoms with Crippen LogP contribution in [0.2, 0.25) is 0 Å². The lowest BCUT2D eigenvalue weighted by Gasteiger charge is -2.28. The zero-order valence-corrected chi connectivity index (χ0v) is 17.7.